The standard InChI is InChI=1S/C22H26N4O2.C2H6.H3N.H2/c1-22(2,3)19-15-20(26-28-19)25-21(27)24-18-9-7-16(8-10-18)5-4-6-17-11-13-23-14-12-17;1-2;;/h7-15H,4-6H2,1-3H3,(H2,24,25,26,27);1-2H3;1H3;1H. The highest BCUT2D eigenvalue weighted by atomic mass is 16.5. The maximum Gasteiger partial charge on any atom is 0.324 e. The van der Waals surface area contributed by atoms with Crippen LogP contribution < -0.4 is 16.8 Å². The molecule has 3 aromatic rings. The summed E-state index contributed by atoms with van der Waals surface area (Å²) in [7, 11) is 0. The smallest absolute Gasteiger partial charge is 0.324 e. The number of nitrogens with one attached hydrogen (secondary N) is 2. The summed E-state index contributed by atoms with van der Waals surface area (Å²) in [6, 6.07) is 13.4. The summed E-state index contributed by atoms with van der Waals surface area (Å²) in [5.74, 6) is 1.12. The molecular weight excluding hydrogens is 390 g/mol. The van der Waals surface area contributed by atoms with Crippen LogP contribution in [0.5, 0.6) is 0 Å². The number of carbonyl (C=O) groups excluding carboxylic acids is 1. The minimum absolute atomic E-state index is 0. The Bertz CT molecular complexity index is 906. The second-order valence-electron chi connectivity index (χ2n) is 7.81. The van der Waals surface area contributed by atoms with Crippen LogP contribution in [0.4, 0.5) is 16.3 Å². The lowest BCUT2D eigenvalue weighted by Crippen LogP contribution is -2.19. The van der Waals surface area contributed by atoms with Crippen LogP contribution >= 0.6 is 0 Å². The quantitative estimate of drug-likeness (QED) is 0.409. The third-order valence-electron chi connectivity index (χ3n) is 4.38. The maximum absolute atomic E-state index is 12.1. The highest BCUT2D eigenvalue weighted by Gasteiger charge is 2.20. The van der Waals surface area contributed by atoms with E-state index >= 15 is 0 Å². The third-order valence-corrected chi connectivity index (χ3v) is 4.38. The first kappa shape index (κ1) is 25.8. The molecule has 3 rings (SSSR count). The minimum atomic E-state index is -0.348. The van der Waals surface area contributed by atoms with Crippen LogP contribution in [0, 0.1) is 0 Å². The Hall–Kier alpha value is -3.19. The van der Waals surface area contributed by atoms with Crippen molar-refractivity contribution < 1.29 is 10.7 Å². The molecule has 0 radical (unpaired) electrons. The second kappa shape index (κ2) is 12.5. The topological polar surface area (TPSA) is 115 Å². The number of amides is 2. The Labute approximate surface area is 186 Å². The zero-order chi connectivity index (χ0) is 22.0. The van der Waals surface area contributed by atoms with Gasteiger partial charge in [0.25, 0.3) is 0 Å². The molecule has 0 saturated heterocycles. The van der Waals surface area contributed by atoms with E-state index in [1.165, 1.54) is 11.1 Å². The second-order valence-corrected chi connectivity index (χ2v) is 7.81. The summed E-state index contributed by atoms with van der Waals surface area (Å²) >= 11 is 0. The number of hydrogen-bond donors (Lipinski definition) is 3. The Morgan fingerprint density at radius 2 is 1.55 bits per heavy atom. The predicted octanol–water partition coefficient (Wildman–Crippen LogP) is 6.62. The summed E-state index contributed by atoms with van der Waals surface area (Å²) in [5.41, 5.74) is 3.12. The van der Waals surface area contributed by atoms with Crippen molar-refractivity contribution in [1.82, 2.24) is 16.3 Å². The molecular formula is C24H37N5O2. The highest BCUT2D eigenvalue weighted by molar-refractivity contribution is 5.99. The van der Waals surface area contributed by atoms with Gasteiger partial charge in [0.1, 0.15) is 5.76 Å². The number of benzene rings is 1. The maximum atomic E-state index is 12.1. The summed E-state index contributed by atoms with van der Waals surface area (Å²) < 4.78 is 5.27. The van der Waals surface area contributed by atoms with Crippen molar-refractivity contribution in [3.8, 4) is 0 Å². The van der Waals surface area contributed by atoms with E-state index in [1.807, 2.05) is 83.4 Å². The summed E-state index contributed by atoms with van der Waals surface area (Å²) in [6.07, 6.45) is 6.73. The molecule has 0 bridgehead atoms. The highest BCUT2D eigenvalue weighted by Crippen LogP contribution is 2.24. The summed E-state index contributed by atoms with van der Waals surface area (Å²) in [6.45, 7) is 10.1. The van der Waals surface area contributed by atoms with Crippen LogP contribution in [0.2, 0.25) is 0 Å². The molecule has 0 fully saturated rings. The van der Waals surface area contributed by atoms with Gasteiger partial charge in [-0.05, 0) is 54.7 Å². The average Bonchev–Trinajstić information content (AvgIpc) is 3.20. The lowest BCUT2D eigenvalue weighted by Gasteiger charge is -2.12. The van der Waals surface area contributed by atoms with Gasteiger partial charge >= 0.3 is 6.03 Å². The lowest BCUT2D eigenvalue weighted by molar-refractivity contribution is 0.262. The van der Waals surface area contributed by atoms with Gasteiger partial charge in [0, 0.05) is 31.0 Å². The minimum Gasteiger partial charge on any atom is -0.359 e. The van der Waals surface area contributed by atoms with Gasteiger partial charge in [-0.3, -0.25) is 10.3 Å². The van der Waals surface area contributed by atoms with Crippen LogP contribution in [0.3, 0.4) is 0 Å². The van der Waals surface area contributed by atoms with Crippen LogP contribution in [-0.4, -0.2) is 16.2 Å². The number of nitrogens with zero attached hydrogens (tertiary/aromatic N) is 2. The van der Waals surface area contributed by atoms with Gasteiger partial charge in [-0.25, -0.2) is 4.79 Å². The average molecular weight is 428 g/mol. The van der Waals surface area contributed by atoms with Crippen molar-refractivity contribution in [1.29, 1.82) is 0 Å². The first-order valence-corrected chi connectivity index (χ1v) is 10.4. The molecule has 170 valence electrons. The summed E-state index contributed by atoms with van der Waals surface area (Å²) in [5, 5.41) is 9.39. The van der Waals surface area contributed by atoms with E-state index in [2.05, 4.69) is 20.8 Å². The van der Waals surface area contributed by atoms with Gasteiger partial charge in [0.05, 0.1) is 0 Å². The van der Waals surface area contributed by atoms with Crippen molar-refractivity contribution in [2.24, 2.45) is 0 Å². The molecule has 2 amide bonds. The van der Waals surface area contributed by atoms with E-state index in [0.29, 0.717) is 5.82 Å². The number of anilines is 2. The molecule has 2 aromatic heterocycles. The zero-order valence-electron chi connectivity index (χ0n) is 19.2. The molecule has 0 spiro atoms. The molecule has 7 heteroatoms. The molecule has 7 nitrogen and oxygen atoms in total. The van der Waals surface area contributed by atoms with Gasteiger partial charge in [-0.15, -0.1) is 0 Å². The normalized spacial score (nSPS) is 10.4. The van der Waals surface area contributed by atoms with Crippen molar-refractivity contribution in [2.45, 2.75) is 59.3 Å². The van der Waals surface area contributed by atoms with Crippen molar-refractivity contribution in [3.05, 3.63) is 71.7 Å². The molecule has 0 aliphatic rings. The molecule has 0 aliphatic carbocycles. The Morgan fingerprint density at radius 3 is 2.10 bits per heavy atom. The van der Waals surface area contributed by atoms with Crippen LogP contribution in [0.25, 0.3) is 0 Å². The number of aryl methyl sites for hydroxylation is 2. The zero-order valence-corrected chi connectivity index (χ0v) is 19.2. The Morgan fingerprint density at radius 1 is 0.968 bits per heavy atom. The number of urea groups is 1. The van der Waals surface area contributed by atoms with Gasteiger partial charge in [0.15, 0.2) is 5.82 Å². The largest absolute Gasteiger partial charge is 0.359 e. The van der Waals surface area contributed by atoms with E-state index in [0.717, 1.165) is 30.7 Å². The van der Waals surface area contributed by atoms with Crippen LogP contribution in [-0.2, 0) is 18.3 Å². The van der Waals surface area contributed by atoms with E-state index in [-0.39, 0.29) is 19.0 Å². The lowest BCUT2D eigenvalue weighted by atomic mass is 9.93. The molecule has 0 saturated carbocycles. The SMILES string of the molecule is CC.CC(C)(C)c1cc(NC(=O)Nc2ccc(CCCc3ccncc3)cc2)no1.N.[HH]. The first-order chi connectivity index (χ1) is 14.4. The fourth-order valence-corrected chi connectivity index (χ4v) is 2.77. The fourth-order valence-electron chi connectivity index (χ4n) is 2.77. The number of hydrogen-bond acceptors (Lipinski definition) is 5. The monoisotopic (exact) mass is 427 g/mol. The predicted molar refractivity (Wildman–Crippen MR) is 129 cm³/mol. The number of aromatic nitrogens is 2. The third kappa shape index (κ3) is 8.60. The molecule has 2 heterocycles. The Balaban J connectivity index is 0.00000234. The number of pyridine rings is 1. The number of rotatable bonds is 6. The van der Waals surface area contributed by atoms with Crippen molar-refractivity contribution >= 4 is 17.5 Å². The van der Waals surface area contributed by atoms with Gasteiger partial charge < -0.3 is 16.0 Å². The van der Waals surface area contributed by atoms with Crippen molar-refractivity contribution in [3.63, 3.8) is 0 Å². The fraction of sp³-hybridized carbons (Fsp3) is 0.375. The van der Waals surface area contributed by atoms with Gasteiger partial charge in [-0.2, -0.15) is 0 Å². The van der Waals surface area contributed by atoms with Gasteiger partial charge in [0.2, 0.25) is 0 Å². The molecule has 0 atom stereocenters. The molecule has 0 unspecified atom stereocenters. The van der Waals surface area contributed by atoms with E-state index in [9.17, 15) is 4.79 Å². The molecule has 5 N–H and O–H groups in total. The van der Waals surface area contributed by atoms with Gasteiger partial charge in [-0.1, -0.05) is 51.9 Å². The molecule has 0 aliphatic heterocycles. The summed E-state index contributed by atoms with van der Waals surface area (Å²) in [4.78, 5) is 16.2. The van der Waals surface area contributed by atoms with Crippen LogP contribution in [0.15, 0.2) is 59.4 Å². The Kier molecular flexibility index (Phi) is 10.4. The van der Waals surface area contributed by atoms with Crippen molar-refractivity contribution in [2.75, 3.05) is 10.6 Å². The van der Waals surface area contributed by atoms with E-state index in [4.69, 9.17) is 4.52 Å². The first-order valence-electron chi connectivity index (χ1n) is 10.4. The molecule has 1 aromatic carbocycles. The number of carbonyl (C=O) groups is 1. The van der Waals surface area contributed by atoms with E-state index < -0.39 is 0 Å². The van der Waals surface area contributed by atoms with Crippen LogP contribution in [0.1, 0.15) is 59.4 Å². The molecule has 31 heavy (non-hydrogen) atoms. The van der Waals surface area contributed by atoms with E-state index in [1.54, 1.807) is 6.07 Å².